The van der Waals surface area contributed by atoms with Gasteiger partial charge in [0.1, 0.15) is 0 Å². The zero-order valence-corrected chi connectivity index (χ0v) is 15.7. The fourth-order valence-corrected chi connectivity index (χ4v) is 7.09. The van der Waals surface area contributed by atoms with Crippen LogP contribution in [0.1, 0.15) is 37.8 Å². The van der Waals surface area contributed by atoms with Gasteiger partial charge in [-0.05, 0) is 45.2 Å². The number of rotatable bonds is 5. The maximum Gasteiger partial charge on any atom is 0.243 e. The van der Waals surface area contributed by atoms with Crippen molar-refractivity contribution < 1.29 is 16.8 Å². The van der Waals surface area contributed by atoms with Crippen molar-refractivity contribution in [2.75, 3.05) is 11.5 Å². The van der Waals surface area contributed by atoms with Crippen molar-refractivity contribution in [2.24, 2.45) is 0 Å². The van der Waals surface area contributed by atoms with Gasteiger partial charge < -0.3 is 0 Å². The van der Waals surface area contributed by atoms with Crippen molar-refractivity contribution in [3.05, 3.63) is 29.3 Å². The molecule has 7 heteroatoms. The van der Waals surface area contributed by atoms with Crippen LogP contribution in [-0.2, 0) is 19.9 Å². The van der Waals surface area contributed by atoms with Gasteiger partial charge in [0.05, 0.1) is 16.4 Å². The predicted octanol–water partition coefficient (Wildman–Crippen LogP) is 2.28. The minimum absolute atomic E-state index is 0.0625. The molecule has 1 saturated heterocycles. The van der Waals surface area contributed by atoms with Crippen molar-refractivity contribution in [3.8, 4) is 0 Å². The Morgan fingerprint density at radius 2 is 1.96 bits per heavy atom. The lowest BCUT2D eigenvalue weighted by Crippen LogP contribution is -2.46. The van der Waals surface area contributed by atoms with Crippen LogP contribution in [0.3, 0.4) is 0 Å². The van der Waals surface area contributed by atoms with Gasteiger partial charge in [-0.25, -0.2) is 16.8 Å². The second-order valence-electron chi connectivity index (χ2n) is 6.42. The Balaban J connectivity index is 2.50. The third-order valence-electron chi connectivity index (χ3n) is 4.48. The van der Waals surface area contributed by atoms with E-state index in [0.717, 1.165) is 5.56 Å². The van der Waals surface area contributed by atoms with Crippen LogP contribution in [0.25, 0.3) is 0 Å². The molecule has 0 aliphatic carbocycles. The summed E-state index contributed by atoms with van der Waals surface area (Å²) < 4.78 is 51.4. The number of nitrogens with zero attached hydrogens (tertiary/aromatic N) is 1. The van der Waals surface area contributed by atoms with Gasteiger partial charge in [0.2, 0.25) is 10.0 Å². The van der Waals surface area contributed by atoms with E-state index in [1.165, 1.54) is 4.31 Å². The zero-order chi connectivity index (χ0) is 17.4. The molecule has 1 aliphatic rings. The lowest BCUT2D eigenvalue weighted by atomic mass is 10.2. The van der Waals surface area contributed by atoms with Crippen LogP contribution < -0.4 is 0 Å². The maximum atomic E-state index is 13.2. The molecule has 0 saturated carbocycles. The van der Waals surface area contributed by atoms with E-state index in [9.17, 15) is 16.8 Å². The summed E-state index contributed by atoms with van der Waals surface area (Å²) in [5.41, 5.74) is 1.69. The molecule has 1 aromatic rings. The highest BCUT2D eigenvalue weighted by Crippen LogP contribution is 2.30. The van der Waals surface area contributed by atoms with Gasteiger partial charge >= 0.3 is 0 Å². The van der Waals surface area contributed by atoms with Crippen molar-refractivity contribution in [1.29, 1.82) is 0 Å². The molecule has 0 aromatic heterocycles. The van der Waals surface area contributed by atoms with Crippen LogP contribution in [0.5, 0.6) is 0 Å². The Kier molecular flexibility index (Phi) is 5.23. The van der Waals surface area contributed by atoms with Gasteiger partial charge in [-0.3, -0.25) is 0 Å². The van der Waals surface area contributed by atoms with E-state index in [1.807, 2.05) is 26.8 Å². The molecular weight excluding hydrogens is 334 g/mol. The molecule has 1 heterocycles. The van der Waals surface area contributed by atoms with Gasteiger partial charge in [-0.1, -0.05) is 24.6 Å². The summed E-state index contributed by atoms with van der Waals surface area (Å²) in [6.07, 6.45) is 1.01. The number of aryl methyl sites for hydroxylation is 2. The molecule has 1 aliphatic heterocycles. The summed E-state index contributed by atoms with van der Waals surface area (Å²) in [4.78, 5) is 0.271. The maximum absolute atomic E-state index is 13.2. The Hall–Kier alpha value is -0.920. The van der Waals surface area contributed by atoms with Crippen LogP contribution in [0.15, 0.2) is 23.1 Å². The zero-order valence-electron chi connectivity index (χ0n) is 14.1. The molecular formula is C16H25NO4S2. The summed E-state index contributed by atoms with van der Waals surface area (Å²) in [5, 5.41) is 0. The summed E-state index contributed by atoms with van der Waals surface area (Å²) in [7, 11) is -6.87. The molecule has 130 valence electrons. The number of hydrogen-bond donors (Lipinski definition) is 0. The van der Waals surface area contributed by atoms with E-state index >= 15 is 0 Å². The van der Waals surface area contributed by atoms with Gasteiger partial charge in [0.25, 0.3) is 0 Å². The minimum Gasteiger partial charge on any atom is -0.229 e. The first kappa shape index (κ1) is 18.4. The number of sulfone groups is 1. The van der Waals surface area contributed by atoms with Crippen LogP contribution in [0, 0.1) is 13.8 Å². The van der Waals surface area contributed by atoms with Crippen LogP contribution in [-0.4, -0.2) is 44.7 Å². The highest BCUT2D eigenvalue weighted by molar-refractivity contribution is 7.92. The molecule has 0 bridgehead atoms. The molecule has 2 rings (SSSR count). The highest BCUT2D eigenvalue weighted by atomic mass is 32.2. The molecule has 0 amide bonds. The van der Waals surface area contributed by atoms with Gasteiger partial charge in [0.15, 0.2) is 9.84 Å². The first-order valence-corrected chi connectivity index (χ1v) is 11.2. The molecule has 5 nitrogen and oxygen atoms in total. The highest BCUT2D eigenvalue weighted by Gasteiger charge is 2.41. The fraction of sp³-hybridized carbons (Fsp3) is 0.625. The number of hydrogen-bond acceptors (Lipinski definition) is 4. The molecule has 0 N–H and O–H groups in total. The van der Waals surface area contributed by atoms with E-state index in [0.29, 0.717) is 18.4 Å². The third-order valence-corrected chi connectivity index (χ3v) is 8.46. The summed E-state index contributed by atoms with van der Waals surface area (Å²) in [6.45, 7) is 7.45. The lowest BCUT2D eigenvalue weighted by Gasteiger charge is -2.32. The monoisotopic (exact) mass is 359 g/mol. The van der Waals surface area contributed by atoms with E-state index in [1.54, 1.807) is 19.1 Å². The molecule has 2 atom stereocenters. The van der Waals surface area contributed by atoms with E-state index in [4.69, 9.17) is 0 Å². The lowest BCUT2D eigenvalue weighted by molar-refractivity contribution is 0.271. The van der Waals surface area contributed by atoms with Crippen molar-refractivity contribution in [3.63, 3.8) is 0 Å². The summed E-state index contributed by atoms with van der Waals surface area (Å²) in [6, 6.07) is 4.53. The number of benzene rings is 1. The second kappa shape index (κ2) is 6.53. The molecule has 0 spiro atoms. The summed E-state index contributed by atoms with van der Waals surface area (Å²) >= 11 is 0. The smallest absolute Gasteiger partial charge is 0.229 e. The Labute approximate surface area is 139 Å². The first-order chi connectivity index (χ1) is 10.6. The van der Waals surface area contributed by atoms with Crippen molar-refractivity contribution in [1.82, 2.24) is 4.31 Å². The topological polar surface area (TPSA) is 71.5 Å². The SMILES string of the molecule is CC[C@@H](C)N([C@@H]1CCS(=O)(=O)C1)S(=O)(=O)c1ccc(C)cc1C. The normalized spacial score (nSPS) is 22.4. The minimum atomic E-state index is -3.72. The van der Waals surface area contributed by atoms with Gasteiger partial charge in [-0.2, -0.15) is 4.31 Å². The van der Waals surface area contributed by atoms with Gasteiger partial charge in [0, 0.05) is 12.1 Å². The van der Waals surface area contributed by atoms with Crippen molar-refractivity contribution >= 4 is 19.9 Å². The summed E-state index contributed by atoms with van der Waals surface area (Å²) in [5.74, 6) is -0.0194. The fourth-order valence-electron chi connectivity index (χ4n) is 3.15. The average Bonchev–Trinajstić information content (AvgIpc) is 2.77. The van der Waals surface area contributed by atoms with E-state index in [-0.39, 0.29) is 22.4 Å². The van der Waals surface area contributed by atoms with Crippen LogP contribution in [0.2, 0.25) is 0 Å². The molecule has 1 fully saturated rings. The van der Waals surface area contributed by atoms with Gasteiger partial charge in [-0.15, -0.1) is 0 Å². The van der Waals surface area contributed by atoms with Crippen molar-refractivity contribution in [2.45, 2.75) is 57.5 Å². The first-order valence-electron chi connectivity index (χ1n) is 7.89. The molecule has 0 unspecified atom stereocenters. The van der Waals surface area contributed by atoms with Crippen LogP contribution >= 0.6 is 0 Å². The average molecular weight is 360 g/mol. The molecule has 0 radical (unpaired) electrons. The Bertz CT molecular complexity index is 784. The Morgan fingerprint density at radius 1 is 1.30 bits per heavy atom. The van der Waals surface area contributed by atoms with Crippen LogP contribution in [0.4, 0.5) is 0 Å². The Morgan fingerprint density at radius 3 is 2.43 bits per heavy atom. The quantitative estimate of drug-likeness (QED) is 0.808. The van der Waals surface area contributed by atoms with E-state index < -0.39 is 25.9 Å². The second-order valence-corrected chi connectivity index (χ2v) is 10.5. The predicted molar refractivity (Wildman–Crippen MR) is 91.8 cm³/mol. The molecule has 1 aromatic carbocycles. The van der Waals surface area contributed by atoms with E-state index in [2.05, 4.69) is 0 Å². The molecule has 23 heavy (non-hydrogen) atoms. The third kappa shape index (κ3) is 3.78. The largest absolute Gasteiger partial charge is 0.243 e. The number of sulfonamides is 1. The standard InChI is InChI=1S/C16H25NO4S2/c1-5-14(4)17(15-8-9-22(18,19)11-15)23(20,21)16-7-6-12(2)10-13(16)3/h6-7,10,14-15H,5,8-9,11H2,1-4H3/t14-,15-/m1/s1.